The third-order valence-electron chi connectivity index (χ3n) is 3.23. The third-order valence-corrected chi connectivity index (χ3v) is 3.23. The molecule has 1 aliphatic heterocycles. The number of benzene rings is 1. The van der Waals surface area contributed by atoms with Crippen LogP contribution in [0.3, 0.4) is 0 Å². The summed E-state index contributed by atoms with van der Waals surface area (Å²) >= 11 is 0. The minimum Gasteiger partial charge on any atom is -0.336 e. The normalized spacial score (nSPS) is 20.2. The average molecular weight is 221 g/mol. The highest BCUT2D eigenvalue weighted by Gasteiger charge is 2.26. The molecule has 0 aromatic heterocycles. The summed E-state index contributed by atoms with van der Waals surface area (Å²) in [6.07, 6.45) is 2.12. The topological polar surface area (TPSA) is 20.3 Å². The van der Waals surface area contributed by atoms with Gasteiger partial charge in [0, 0.05) is 18.2 Å². The Bertz CT molecular complexity index is 416. The van der Waals surface area contributed by atoms with Crippen LogP contribution in [0, 0.1) is 12.7 Å². The third kappa shape index (κ3) is 1.94. The zero-order valence-electron chi connectivity index (χ0n) is 9.66. The molecule has 1 aliphatic rings. The molecule has 2 nitrogen and oxygen atoms in total. The van der Waals surface area contributed by atoms with Crippen molar-refractivity contribution in [3.63, 3.8) is 0 Å². The van der Waals surface area contributed by atoms with Gasteiger partial charge in [-0.2, -0.15) is 0 Å². The summed E-state index contributed by atoms with van der Waals surface area (Å²) in [7, 11) is 0. The maximum absolute atomic E-state index is 12.9. The predicted molar refractivity (Wildman–Crippen MR) is 60.9 cm³/mol. The van der Waals surface area contributed by atoms with Gasteiger partial charge in [0.1, 0.15) is 5.82 Å². The standard InChI is InChI=1S/C13H16FNO/c1-9-8-11(14)5-6-12(9)13(16)15-7-3-4-10(15)2/h5-6,8,10H,3-4,7H2,1-2H3. The Kier molecular flexibility index (Phi) is 2.95. The second kappa shape index (κ2) is 4.24. The number of aryl methyl sites for hydroxylation is 1. The van der Waals surface area contributed by atoms with Gasteiger partial charge in [0.15, 0.2) is 0 Å². The van der Waals surface area contributed by atoms with Crippen LogP contribution in [0.2, 0.25) is 0 Å². The van der Waals surface area contributed by atoms with Gasteiger partial charge in [0.25, 0.3) is 5.91 Å². The first-order chi connectivity index (χ1) is 7.59. The average Bonchev–Trinajstić information content (AvgIpc) is 2.63. The van der Waals surface area contributed by atoms with Crippen molar-refractivity contribution >= 4 is 5.91 Å². The number of carbonyl (C=O) groups is 1. The maximum atomic E-state index is 12.9. The van der Waals surface area contributed by atoms with E-state index in [9.17, 15) is 9.18 Å². The van der Waals surface area contributed by atoms with E-state index < -0.39 is 0 Å². The first kappa shape index (κ1) is 11.1. The van der Waals surface area contributed by atoms with Gasteiger partial charge < -0.3 is 4.90 Å². The van der Waals surface area contributed by atoms with Crippen LogP contribution in [-0.2, 0) is 0 Å². The minimum absolute atomic E-state index is 0.0301. The van der Waals surface area contributed by atoms with E-state index in [2.05, 4.69) is 6.92 Å². The number of amides is 1. The molecule has 2 rings (SSSR count). The highest BCUT2D eigenvalue weighted by Crippen LogP contribution is 2.21. The summed E-state index contributed by atoms with van der Waals surface area (Å²) in [5.41, 5.74) is 1.33. The zero-order valence-corrected chi connectivity index (χ0v) is 9.66. The van der Waals surface area contributed by atoms with Gasteiger partial charge >= 0.3 is 0 Å². The van der Waals surface area contributed by atoms with E-state index in [1.807, 2.05) is 4.90 Å². The van der Waals surface area contributed by atoms with E-state index in [4.69, 9.17) is 0 Å². The lowest BCUT2D eigenvalue weighted by molar-refractivity contribution is 0.0746. The Labute approximate surface area is 95.1 Å². The molecule has 1 aromatic rings. The van der Waals surface area contributed by atoms with Crippen molar-refractivity contribution in [3.8, 4) is 0 Å². The summed E-state index contributed by atoms with van der Waals surface area (Å²) in [6.45, 7) is 4.65. The molecule has 0 bridgehead atoms. The number of nitrogens with zero attached hydrogens (tertiary/aromatic N) is 1. The van der Waals surface area contributed by atoms with E-state index in [0.29, 0.717) is 17.2 Å². The highest BCUT2D eigenvalue weighted by atomic mass is 19.1. The van der Waals surface area contributed by atoms with E-state index in [-0.39, 0.29) is 11.7 Å². The predicted octanol–water partition coefficient (Wildman–Crippen LogP) is 2.76. The van der Waals surface area contributed by atoms with E-state index >= 15 is 0 Å². The van der Waals surface area contributed by atoms with Gasteiger partial charge in [-0.15, -0.1) is 0 Å². The molecule has 1 amide bonds. The fourth-order valence-corrected chi connectivity index (χ4v) is 2.26. The van der Waals surface area contributed by atoms with Crippen molar-refractivity contribution in [2.24, 2.45) is 0 Å². The lowest BCUT2D eigenvalue weighted by Gasteiger charge is -2.22. The van der Waals surface area contributed by atoms with Gasteiger partial charge in [0.05, 0.1) is 0 Å². The van der Waals surface area contributed by atoms with Crippen molar-refractivity contribution in [2.45, 2.75) is 32.7 Å². The molecule has 3 heteroatoms. The van der Waals surface area contributed by atoms with E-state index in [0.717, 1.165) is 19.4 Å². The number of halogens is 1. The smallest absolute Gasteiger partial charge is 0.254 e. The van der Waals surface area contributed by atoms with E-state index in [1.165, 1.54) is 12.1 Å². The minimum atomic E-state index is -0.288. The molecule has 1 fully saturated rings. The van der Waals surface area contributed by atoms with Gasteiger partial charge in [-0.3, -0.25) is 4.79 Å². The number of rotatable bonds is 1. The van der Waals surface area contributed by atoms with Crippen molar-refractivity contribution in [3.05, 3.63) is 35.1 Å². The number of hydrogen-bond donors (Lipinski definition) is 0. The van der Waals surface area contributed by atoms with E-state index in [1.54, 1.807) is 13.0 Å². The SMILES string of the molecule is Cc1cc(F)ccc1C(=O)N1CCCC1C. The molecule has 1 heterocycles. The lowest BCUT2D eigenvalue weighted by Crippen LogP contribution is -2.34. The van der Waals surface area contributed by atoms with Crippen molar-refractivity contribution < 1.29 is 9.18 Å². The Morgan fingerprint density at radius 2 is 2.25 bits per heavy atom. The fraction of sp³-hybridized carbons (Fsp3) is 0.462. The summed E-state index contributed by atoms with van der Waals surface area (Å²) in [4.78, 5) is 14.1. The molecule has 1 unspecified atom stereocenters. The molecule has 86 valence electrons. The van der Waals surface area contributed by atoms with Crippen LogP contribution in [-0.4, -0.2) is 23.4 Å². The van der Waals surface area contributed by atoms with Gasteiger partial charge in [-0.25, -0.2) is 4.39 Å². The summed E-state index contributed by atoms with van der Waals surface area (Å²) < 4.78 is 12.9. The Balaban J connectivity index is 2.27. The first-order valence-corrected chi connectivity index (χ1v) is 5.66. The van der Waals surface area contributed by atoms with Crippen molar-refractivity contribution in [1.29, 1.82) is 0 Å². The summed E-state index contributed by atoms with van der Waals surface area (Å²) in [5, 5.41) is 0. The second-order valence-corrected chi connectivity index (χ2v) is 4.45. The van der Waals surface area contributed by atoms with Crippen LogP contribution >= 0.6 is 0 Å². The number of carbonyl (C=O) groups excluding carboxylic acids is 1. The molecule has 0 aliphatic carbocycles. The number of likely N-dealkylation sites (tertiary alicyclic amines) is 1. The highest BCUT2D eigenvalue weighted by molar-refractivity contribution is 5.96. The molecule has 0 spiro atoms. The van der Waals surface area contributed by atoms with Gasteiger partial charge in [0.2, 0.25) is 0 Å². The van der Waals surface area contributed by atoms with Gasteiger partial charge in [-0.1, -0.05) is 0 Å². The fourth-order valence-electron chi connectivity index (χ4n) is 2.26. The molecule has 0 N–H and O–H groups in total. The first-order valence-electron chi connectivity index (χ1n) is 5.66. The quantitative estimate of drug-likeness (QED) is 0.714. The van der Waals surface area contributed by atoms with Crippen LogP contribution in [0.25, 0.3) is 0 Å². The van der Waals surface area contributed by atoms with Gasteiger partial charge in [-0.05, 0) is 50.5 Å². The molecular formula is C13H16FNO. The number of hydrogen-bond acceptors (Lipinski definition) is 1. The van der Waals surface area contributed by atoms with Crippen LogP contribution in [0.1, 0.15) is 35.7 Å². The Hall–Kier alpha value is -1.38. The van der Waals surface area contributed by atoms with Crippen LogP contribution in [0.15, 0.2) is 18.2 Å². The molecule has 0 saturated carbocycles. The molecule has 16 heavy (non-hydrogen) atoms. The van der Waals surface area contributed by atoms with Crippen molar-refractivity contribution in [1.82, 2.24) is 4.90 Å². The summed E-state index contributed by atoms with van der Waals surface area (Å²) in [5.74, 6) is -0.258. The van der Waals surface area contributed by atoms with Crippen LogP contribution < -0.4 is 0 Å². The van der Waals surface area contributed by atoms with Crippen molar-refractivity contribution in [2.75, 3.05) is 6.54 Å². The zero-order chi connectivity index (χ0) is 11.7. The molecule has 1 saturated heterocycles. The molecular weight excluding hydrogens is 205 g/mol. The molecule has 0 radical (unpaired) electrons. The largest absolute Gasteiger partial charge is 0.336 e. The Morgan fingerprint density at radius 3 is 2.81 bits per heavy atom. The second-order valence-electron chi connectivity index (χ2n) is 4.45. The molecule has 1 atom stereocenters. The Morgan fingerprint density at radius 1 is 1.50 bits per heavy atom. The van der Waals surface area contributed by atoms with Crippen LogP contribution in [0.4, 0.5) is 4.39 Å². The lowest BCUT2D eigenvalue weighted by atomic mass is 10.1. The van der Waals surface area contributed by atoms with Crippen LogP contribution in [0.5, 0.6) is 0 Å². The monoisotopic (exact) mass is 221 g/mol. The molecule has 1 aromatic carbocycles. The maximum Gasteiger partial charge on any atom is 0.254 e. The summed E-state index contributed by atoms with van der Waals surface area (Å²) in [6, 6.07) is 4.64.